The minimum atomic E-state index is 0.252. The SMILES string of the molecule is Cn1cccc1[C@@H]1CCCN1CC(=O)N1CCN(c2cccc(Cl)c2)CC1. The molecule has 1 aromatic heterocycles. The molecule has 3 heterocycles. The number of aryl methyl sites for hydroxylation is 1. The van der Waals surface area contributed by atoms with Crippen LogP contribution in [0.25, 0.3) is 0 Å². The van der Waals surface area contributed by atoms with E-state index in [0.29, 0.717) is 12.6 Å². The van der Waals surface area contributed by atoms with Gasteiger partial charge in [-0.25, -0.2) is 0 Å². The van der Waals surface area contributed by atoms with Gasteiger partial charge in [0.15, 0.2) is 0 Å². The molecule has 1 atom stereocenters. The van der Waals surface area contributed by atoms with Crippen molar-refractivity contribution in [2.75, 3.05) is 44.2 Å². The van der Waals surface area contributed by atoms with Gasteiger partial charge in [-0.3, -0.25) is 9.69 Å². The molecule has 2 fully saturated rings. The number of rotatable bonds is 4. The molecule has 0 spiro atoms. The highest BCUT2D eigenvalue weighted by atomic mass is 35.5. The van der Waals surface area contributed by atoms with E-state index in [1.54, 1.807) is 0 Å². The monoisotopic (exact) mass is 386 g/mol. The molecule has 0 radical (unpaired) electrons. The Hall–Kier alpha value is -1.98. The first-order valence-corrected chi connectivity index (χ1v) is 10.1. The fourth-order valence-corrected chi connectivity index (χ4v) is 4.52. The number of anilines is 1. The van der Waals surface area contributed by atoms with Gasteiger partial charge in [0.2, 0.25) is 5.91 Å². The van der Waals surface area contributed by atoms with Crippen LogP contribution >= 0.6 is 11.6 Å². The highest BCUT2D eigenvalue weighted by Crippen LogP contribution is 2.31. The van der Waals surface area contributed by atoms with Gasteiger partial charge >= 0.3 is 0 Å². The molecular weight excluding hydrogens is 360 g/mol. The Kier molecular flexibility index (Phi) is 5.41. The van der Waals surface area contributed by atoms with Gasteiger partial charge in [-0.15, -0.1) is 0 Å². The lowest BCUT2D eigenvalue weighted by Crippen LogP contribution is -2.51. The Balaban J connectivity index is 1.34. The predicted octanol–water partition coefficient (Wildman–Crippen LogP) is 3.16. The molecule has 5 nitrogen and oxygen atoms in total. The highest BCUT2D eigenvalue weighted by molar-refractivity contribution is 6.30. The first-order valence-electron chi connectivity index (χ1n) is 9.75. The molecule has 2 saturated heterocycles. The zero-order valence-electron chi connectivity index (χ0n) is 15.9. The van der Waals surface area contributed by atoms with Crippen LogP contribution in [0.2, 0.25) is 5.02 Å². The van der Waals surface area contributed by atoms with Crippen LogP contribution in [-0.4, -0.2) is 59.5 Å². The Morgan fingerprint density at radius 3 is 2.63 bits per heavy atom. The van der Waals surface area contributed by atoms with Crippen LogP contribution in [0.3, 0.4) is 0 Å². The summed E-state index contributed by atoms with van der Waals surface area (Å²) >= 11 is 6.11. The van der Waals surface area contributed by atoms with Gasteiger partial charge in [0, 0.05) is 55.8 Å². The molecule has 1 amide bonds. The summed E-state index contributed by atoms with van der Waals surface area (Å²) in [5, 5.41) is 0.756. The van der Waals surface area contributed by atoms with Crippen molar-refractivity contribution in [2.24, 2.45) is 7.05 Å². The van der Waals surface area contributed by atoms with Gasteiger partial charge < -0.3 is 14.4 Å². The van der Waals surface area contributed by atoms with Crippen molar-refractivity contribution in [3.63, 3.8) is 0 Å². The van der Waals surface area contributed by atoms with Gasteiger partial charge in [-0.05, 0) is 49.7 Å². The molecule has 0 saturated carbocycles. The minimum Gasteiger partial charge on any atom is -0.368 e. The molecular formula is C21H27ClN4O. The second-order valence-corrected chi connectivity index (χ2v) is 7.96. The number of piperazine rings is 1. The van der Waals surface area contributed by atoms with E-state index in [0.717, 1.165) is 56.3 Å². The van der Waals surface area contributed by atoms with E-state index in [1.807, 2.05) is 23.1 Å². The van der Waals surface area contributed by atoms with Crippen LogP contribution in [0.1, 0.15) is 24.6 Å². The van der Waals surface area contributed by atoms with E-state index in [-0.39, 0.29) is 5.91 Å². The summed E-state index contributed by atoms with van der Waals surface area (Å²) in [6, 6.07) is 12.6. The lowest BCUT2D eigenvalue weighted by molar-refractivity contribution is -0.133. The third kappa shape index (κ3) is 3.99. The second-order valence-electron chi connectivity index (χ2n) is 7.52. The first-order chi connectivity index (χ1) is 13.1. The lowest BCUT2D eigenvalue weighted by Gasteiger charge is -2.37. The summed E-state index contributed by atoms with van der Waals surface area (Å²) in [5.74, 6) is 0.252. The molecule has 0 aliphatic carbocycles. The van der Waals surface area contributed by atoms with E-state index in [1.165, 1.54) is 5.69 Å². The Morgan fingerprint density at radius 1 is 1.11 bits per heavy atom. The molecule has 2 aliphatic heterocycles. The molecule has 144 valence electrons. The van der Waals surface area contributed by atoms with Gasteiger partial charge in [0.05, 0.1) is 12.6 Å². The van der Waals surface area contributed by atoms with E-state index in [4.69, 9.17) is 11.6 Å². The molecule has 0 unspecified atom stereocenters. The van der Waals surface area contributed by atoms with Gasteiger partial charge in [-0.2, -0.15) is 0 Å². The summed E-state index contributed by atoms with van der Waals surface area (Å²) in [6.45, 7) is 4.78. The zero-order valence-corrected chi connectivity index (χ0v) is 16.6. The number of halogens is 1. The maximum absolute atomic E-state index is 12.9. The number of carbonyl (C=O) groups is 1. The molecule has 6 heteroatoms. The fraction of sp³-hybridized carbons (Fsp3) is 0.476. The maximum Gasteiger partial charge on any atom is 0.236 e. The summed E-state index contributed by atoms with van der Waals surface area (Å²) in [4.78, 5) is 19.6. The van der Waals surface area contributed by atoms with E-state index >= 15 is 0 Å². The van der Waals surface area contributed by atoms with Crippen LogP contribution in [0.4, 0.5) is 5.69 Å². The van der Waals surface area contributed by atoms with Crippen LogP contribution in [-0.2, 0) is 11.8 Å². The molecule has 1 aromatic carbocycles. The summed E-state index contributed by atoms with van der Waals surface area (Å²) in [6.07, 6.45) is 4.38. The van der Waals surface area contributed by atoms with Crippen molar-refractivity contribution in [2.45, 2.75) is 18.9 Å². The number of aromatic nitrogens is 1. The van der Waals surface area contributed by atoms with Crippen molar-refractivity contribution in [1.82, 2.24) is 14.4 Å². The number of hydrogen-bond acceptors (Lipinski definition) is 3. The summed E-state index contributed by atoms with van der Waals surface area (Å²) in [5.41, 5.74) is 2.45. The number of benzene rings is 1. The number of amides is 1. The molecule has 2 aromatic rings. The number of likely N-dealkylation sites (tertiary alicyclic amines) is 1. The van der Waals surface area contributed by atoms with E-state index < -0.39 is 0 Å². The van der Waals surface area contributed by atoms with Crippen molar-refractivity contribution >= 4 is 23.2 Å². The van der Waals surface area contributed by atoms with Crippen molar-refractivity contribution in [1.29, 1.82) is 0 Å². The average molecular weight is 387 g/mol. The largest absolute Gasteiger partial charge is 0.368 e. The molecule has 4 rings (SSSR count). The zero-order chi connectivity index (χ0) is 18.8. The van der Waals surface area contributed by atoms with Crippen molar-refractivity contribution in [3.05, 3.63) is 53.3 Å². The van der Waals surface area contributed by atoms with Crippen LogP contribution < -0.4 is 4.90 Å². The number of nitrogens with zero attached hydrogens (tertiary/aromatic N) is 4. The third-order valence-electron chi connectivity index (χ3n) is 5.83. The maximum atomic E-state index is 12.9. The van der Waals surface area contributed by atoms with Crippen molar-refractivity contribution < 1.29 is 4.79 Å². The van der Waals surface area contributed by atoms with Gasteiger partial charge in [0.25, 0.3) is 0 Å². The minimum absolute atomic E-state index is 0.252. The van der Waals surface area contributed by atoms with Crippen LogP contribution in [0, 0.1) is 0 Å². The smallest absolute Gasteiger partial charge is 0.236 e. The predicted molar refractivity (Wildman–Crippen MR) is 109 cm³/mol. The van der Waals surface area contributed by atoms with Gasteiger partial charge in [0.1, 0.15) is 0 Å². The van der Waals surface area contributed by atoms with Crippen LogP contribution in [0.5, 0.6) is 0 Å². The van der Waals surface area contributed by atoms with E-state index in [2.05, 4.69) is 45.8 Å². The van der Waals surface area contributed by atoms with E-state index in [9.17, 15) is 4.79 Å². The Bertz CT molecular complexity index is 797. The van der Waals surface area contributed by atoms with Gasteiger partial charge in [-0.1, -0.05) is 17.7 Å². The highest BCUT2D eigenvalue weighted by Gasteiger charge is 2.31. The second kappa shape index (κ2) is 7.95. The average Bonchev–Trinajstić information content (AvgIpc) is 3.30. The summed E-state index contributed by atoms with van der Waals surface area (Å²) in [7, 11) is 2.09. The summed E-state index contributed by atoms with van der Waals surface area (Å²) < 4.78 is 2.18. The number of carbonyl (C=O) groups excluding carboxylic acids is 1. The lowest BCUT2D eigenvalue weighted by atomic mass is 10.1. The Morgan fingerprint density at radius 2 is 1.93 bits per heavy atom. The fourth-order valence-electron chi connectivity index (χ4n) is 4.33. The molecule has 0 bridgehead atoms. The van der Waals surface area contributed by atoms with Crippen LogP contribution in [0.15, 0.2) is 42.6 Å². The number of hydrogen-bond donors (Lipinski definition) is 0. The third-order valence-corrected chi connectivity index (χ3v) is 6.07. The standard InChI is InChI=1S/C21H27ClN4O/c1-23-9-3-7-19(23)20-8-4-10-26(20)16-21(27)25-13-11-24(12-14-25)18-6-2-5-17(22)15-18/h2-3,5-7,9,15,20H,4,8,10-14,16H2,1H3/t20-/m0/s1. The molecule has 2 aliphatic rings. The molecule has 27 heavy (non-hydrogen) atoms. The normalized spacial score (nSPS) is 21.0. The molecule has 0 N–H and O–H groups in total. The Labute approximate surface area is 166 Å². The van der Waals surface area contributed by atoms with Crippen molar-refractivity contribution in [3.8, 4) is 0 Å². The quantitative estimate of drug-likeness (QED) is 0.808. The topological polar surface area (TPSA) is 31.7 Å². The first kappa shape index (κ1) is 18.4.